The Hall–Kier alpha value is -2.73. The van der Waals surface area contributed by atoms with E-state index in [2.05, 4.69) is 16.0 Å². The summed E-state index contributed by atoms with van der Waals surface area (Å²) in [6.07, 6.45) is 0.666. The van der Waals surface area contributed by atoms with Crippen LogP contribution in [0.25, 0.3) is 0 Å². The first-order valence-corrected chi connectivity index (χ1v) is 8.44. The van der Waals surface area contributed by atoms with Gasteiger partial charge in [0.25, 0.3) is 0 Å². The van der Waals surface area contributed by atoms with Crippen LogP contribution < -0.4 is 16.0 Å². The highest BCUT2D eigenvalue weighted by Crippen LogP contribution is 2.20. The molecular formula is C19H21N3O2S. The zero-order chi connectivity index (χ0) is 18.2. The molecule has 2 rings (SSSR count). The molecule has 25 heavy (non-hydrogen) atoms. The summed E-state index contributed by atoms with van der Waals surface area (Å²) >= 11 is 5.18. The summed E-state index contributed by atoms with van der Waals surface area (Å²) < 4.78 is 0. The van der Waals surface area contributed by atoms with E-state index in [0.29, 0.717) is 12.1 Å². The molecule has 0 radical (unpaired) electrons. The lowest BCUT2D eigenvalue weighted by Crippen LogP contribution is -2.35. The number of hydrogen-bond acceptors (Lipinski definition) is 3. The van der Waals surface area contributed by atoms with Crippen molar-refractivity contribution in [2.45, 2.75) is 26.7 Å². The third-order valence-corrected chi connectivity index (χ3v) is 3.76. The predicted octanol–water partition coefficient (Wildman–Crippen LogP) is 3.40. The van der Waals surface area contributed by atoms with Gasteiger partial charge in [-0.25, -0.2) is 0 Å². The molecule has 6 heteroatoms. The maximum atomic E-state index is 12.0. The molecule has 3 N–H and O–H groups in total. The molecule has 2 amide bonds. The molecule has 2 aromatic carbocycles. The third-order valence-electron chi connectivity index (χ3n) is 3.55. The molecule has 0 fully saturated rings. The van der Waals surface area contributed by atoms with Crippen LogP contribution in [0.1, 0.15) is 24.5 Å². The van der Waals surface area contributed by atoms with E-state index >= 15 is 0 Å². The number of carbonyl (C=O) groups excluding carboxylic acids is 2. The van der Waals surface area contributed by atoms with Gasteiger partial charge in [0, 0.05) is 17.8 Å². The first-order chi connectivity index (χ1) is 12.0. The highest BCUT2D eigenvalue weighted by Gasteiger charge is 2.08. The zero-order valence-electron chi connectivity index (χ0n) is 14.3. The van der Waals surface area contributed by atoms with E-state index < -0.39 is 0 Å². The molecule has 0 aromatic heterocycles. The summed E-state index contributed by atoms with van der Waals surface area (Å²) in [6, 6.07) is 15.0. The van der Waals surface area contributed by atoms with Crippen molar-refractivity contribution in [2.75, 3.05) is 10.6 Å². The summed E-state index contributed by atoms with van der Waals surface area (Å²) in [5.41, 5.74) is 3.28. The van der Waals surface area contributed by atoms with Crippen LogP contribution in [-0.4, -0.2) is 16.9 Å². The quantitative estimate of drug-likeness (QED) is 0.719. The van der Waals surface area contributed by atoms with Crippen molar-refractivity contribution in [2.24, 2.45) is 0 Å². The van der Waals surface area contributed by atoms with Crippen LogP contribution in [0.4, 0.5) is 11.4 Å². The summed E-state index contributed by atoms with van der Waals surface area (Å²) in [7, 11) is 0. The molecule has 0 aliphatic heterocycles. The molecule has 0 aliphatic rings. The Bertz CT molecular complexity index is 775. The van der Waals surface area contributed by atoms with Crippen molar-refractivity contribution in [1.29, 1.82) is 0 Å². The topological polar surface area (TPSA) is 70.2 Å². The number of benzene rings is 2. The van der Waals surface area contributed by atoms with Gasteiger partial charge >= 0.3 is 0 Å². The average Bonchev–Trinajstić information content (AvgIpc) is 2.58. The highest BCUT2D eigenvalue weighted by atomic mass is 32.1. The van der Waals surface area contributed by atoms with Crippen LogP contribution in [-0.2, 0) is 16.0 Å². The van der Waals surface area contributed by atoms with Crippen LogP contribution >= 0.6 is 12.2 Å². The van der Waals surface area contributed by atoms with E-state index in [1.54, 1.807) is 13.0 Å². The number of aryl methyl sites for hydroxylation is 1. The van der Waals surface area contributed by atoms with Crippen LogP contribution in [0.3, 0.4) is 0 Å². The molecular weight excluding hydrogens is 334 g/mol. The van der Waals surface area contributed by atoms with Gasteiger partial charge in [0.1, 0.15) is 0 Å². The maximum absolute atomic E-state index is 12.0. The number of rotatable bonds is 5. The van der Waals surface area contributed by atoms with Crippen LogP contribution in [0.15, 0.2) is 48.5 Å². The minimum Gasteiger partial charge on any atom is -0.332 e. The summed E-state index contributed by atoms with van der Waals surface area (Å²) in [5, 5.41) is 8.68. The van der Waals surface area contributed by atoms with Crippen molar-refractivity contribution in [1.82, 2.24) is 5.32 Å². The normalized spacial score (nSPS) is 10.0. The molecule has 0 atom stereocenters. The SMILES string of the molecule is CCC(=O)Nc1cc(NC(=S)NC(=O)Cc2ccccc2)ccc1C. The van der Waals surface area contributed by atoms with Crippen LogP contribution in [0, 0.1) is 6.92 Å². The van der Waals surface area contributed by atoms with E-state index in [9.17, 15) is 9.59 Å². The fourth-order valence-electron chi connectivity index (χ4n) is 2.19. The van der Waals surface area contributed by atoms with Crippen LogP contribution in [0.2, 0.25) is 0 Å². The van der Waals surface area contributed by atoms with Gasteiger partial charge in [0.2, 0.25) is 11.8 Å². The number of amides is 2. The first-order valence-electron chi connectivity index (χ1n) is 8.03. The molecule has 0 saturated carbocycles. The van der Waals surface area contributed by atoms with E-state index in [4.69, 9.17) is 12.2 Å². The smallest absolute Gasteiger partial charge is 0.230 e. The molecule has 0 bridgehead atoms. The molecule has 0 spiro atoms. The number of anilines is 2. The molecule has 0 unspecified atom stereocenters. The Labute approximate surface area is 152 Å². The zero-order valence-corrected chi connectivity index (χ0v) is 15.1. The van der Waals surface area contributed by atoms with Gasteiger partial charge < -0.3 is 16.0 Å². The van der Waals surface area contributed by atoms with Gasteiger partial charge in [-0.2, -0.15) is 0 Å². The van der Waals surface area contributed by atoms with Crippen molar-refractivity contribution in [3.63, 3.8) is 0 Å². The minimum absolute atomic E-state index is 0.0565. The highest BCUT2D eigenvalue weighted by molar-refractivity contribution is 7.80. The summed E-state index contributed by atoms with van der Waals surface area (Å²) in [5.74, 6) is -0.241. The molecule has 0 heterocycles. The second-order valence-corrected chi connectivity index (χ2v) is 6.00. The fourth-order valence-corrected chi connectivity index (χ4v) is 2.42. The molecule has 0 saturated heterocycles. The first kappa shape index (κ1) is 18.6. The Morgan fingerprint density at radius 3 is 2.40 bits per heavy atom. The largest absolute Gasteiger partial charge is 0.332 e. The van der Waals surface area contributed by atoms with Crippen molar-refractivity contribution in [3.05, 3.63) is 59.7 Å². The number of thiocarbonyl (C=S) groups is 1. The Morgan fingerprint density at radius 1 is 1.00 bits per heavy atom. The number of nitrogens with one attached hydrogen (secondary N) is 3. The molecule has 2 aromatic rings. The van der Waals surface area contributed by atoms with Crippen LogP contribution in [0.5, 0.6) is 0 Å². The van der Waals surface area contributed by atoms with Gasteiger partial charge in [-0.05, 0) is 42.4 Å². The monoisotopic (exact) mass is 355 g/mol. The molecule has 130 valence electrons. The summed E-state index contributed by atoms with van der Waals surface area (Å²) in [4.78, 5) is 23.6. The minimum atomic E-state index is -0.185. The van der Waals surface area contributed by atoms with Gasteiger partial charge in [-0.15, -0.1) is 0 Å². The maximum Gasteiger partial charge on any atom is 0.230 e. The fraction of sp³-hybridized carbons (Fsp3) is 0.211. The lowest BCUT2D eigenvalue weighted by molar-refractivity contribution is -0.119. The Kier molecular flexibility index (Phi) is 6.65. The standard InChI is InChI=1S/C19H21N3O2S/c1-3-17(23)21-16-12-15(10-9-13(16)2)20-19(25)22-18(24)11-14-7-5-4-6-8-14/h4-10,12H,3,11H2,1-2H3,(H,21,23)(H2,20,22,24,25). The van der Waals surface area contributed by atoms with Gasteiger partial charge in [0.15, 0.2) is 5.11 Å². The third kappa shape index (κ3) is 6.00. The molecule has 0 aliphatic carbocycles. The summed E-state index contributed by atoms with van der Waals surface area (Å²) in [6.45, 7) is 3.71. The molecule has 5 nitrogen and oxygen atoms in total. The Balaban J connectivity index is 1.94. The predicted molar refractivity (Wildman–Crippen MR) is 105 cm³/mol. The lowest BCUT2D eigenvalue weighted by atomic mass is 10.1. The number of hydrogen-bond donors (Lipinski definition) is 3. The number of carbonyl (C=O) groups is 2. The Morgan fingerprint density at radius 2 is 1.72 bits per heavy atom. The van der Waals surface area contributed by atoms with Crippen molar-refractivity contribution < 1.29 is 9.59 Å². The van der Waals surface area contributed by atoms with Crippen molar-refractivity contribution in [3.8, 4) is 0 Å². The van der Waals surface area contributed by atoms with Gasteiger partial charge in [-0.3, -0.25) is 9.59 Å². The second kappa shape index (κ2) is 8.94. The van der Waals surface area contributed by atoms with E-state index in [-0.39, 0.29) is 23.3 Å². The van der Waals surface area contributed by atoms with Crippen molar-refractivity contribution >= 4 is 40.5 Å². The van der Waals surface area contributed by atoms with Gasteiger partial charge in [-0.1, -0.05) is 43.3 Å². The second-order valence-electron chi connectivity index (χ2n) is 5.60. The van der Waals surface area contributed by atoms with E-state index in [1.165, 1.54) is 0 Å². The van der Waals surface area contributed by atoms with E-state index in [0.717, 1.165) is 16.8 Å². The van der Waals surface area contributed by atoms with E-state index in [1.807, 2.05) is 49.4 Å². The average molecular weight is 355 g/mol. The lowest BCUT2D eigenvalue weighted by Gasteiger charge is -2.13. The van der Waals surface area contributed by atoms with Gasteiger partial charge in [0.05, 0.1) is 6.42 Å².